The van der Waals surface area contributed by atoms with Crippen molar-refractivity contribution in [3.8, 4) is 0 Å². The molecule has 0 saturated heterocycles. The summed E-state index contributed by atoms with van der Waals surface area (Å²) in [4.78, 5) is 16.6. The lowest BCUT2D eigenvalue weighted by Crippen LogP contribution is -2.25. The first kappa shape index (κ1) is 13.6. The van der Waals surface area contributed by atoms with Crippen LogP contribution in [0.4, 0.5) is 0 Å². The van der Waals surface area contributed by atoms with E-state index in [0.717, 1.165) is 24.2 Å². The Morgan fingerprint density at radius 1 is 1.42 bits per heavy atom. The van der Waals surface area contributed by atoms with Crippen LogP contribution in [0.3, 0.4) is 0 Å². The summed E-state index contributed by atoms with van der Waals surface area (Å²) in [5, 5.41) is 2.95. The molecule has 2 aromatic rings. The summed E-state index contributed by atoms with van der Waals surface area (Å²) in [6, 6.07) is 5.82. The van der Waals surface area contributed by atoms with Crippen molar-refractivity contribution in [1.29, 1.82) is 0 Å². The van der Waals surface area contributed by atoms with Crippen molar-refractivity contribution in [3.63, 3.8) is 0 Å². The molecule has 0 spiro atoms. The maximum Gasteiger partial charge on any atom is 0.272 e. The Balaban J connectivity index is 2.22. The molecule has 0 unspecified atom stereocenters. The molecular formula is C15H21N3O. The predicted octanol–water partition coefficient (Wildman–Crippen LogP) is 2.67. The van der Waals surface area contributed by atoms with E-state index >= 15 is 0 Å². The van der Waals surface area contributed by atoms with Gasteiger partial charge in [0.1, 0.15) is 5.82 Å². The molecule has 0 fully saturated rings. The Hall–Kier alpha value is -1.84. The molecule has 102 valence electrons. The van der Waals surface area contributed by atoms with E-state index in [4.69, 9.17) is 0 Å². The second kappa shape index (κ2) is 5.87. The molecule has 19 heavy (non-hydrogen) atoms. The van der Waals surface area contributed by atoms with Crippen molar-refractivity contribution in [3.05, 3.63) is 35.9 Å². The van der Waals surface area contributed by atoms with Crippen LogP contribution in [0, 0.1) is 5.92 Å². The number of nitrogens with zero attached hydrogens (tertiary/aromatic N) is 2. The molecule has 2 aromatic heterocycles. The van der Waals surface area contributed by atoms with Gasteiger partial charge in [-0.25, -0.2) is 4.98 Å². The Bertz CT molecular complexity index is 572. The number of imidazole rings is 1. The minimum absolute atomic E-state index is 0.0796. The monoisotopic (exact) mass is 259 g/mol. The highest BCUT2D eigenvalue weighted by Gasteiger charge is 2.15. The van der Waals surface area contributed by atoms with Crippen LogP contribution in [-0.4, -0.2) is 21.8 Å². The molecule has 0 aliphatic heterocycles. The van der Waals surface area contributed by atoms with Gasteiger partial charge in [0, 0.05) is 19.2 Å². The van der Waals surface area contributed by atoms with Gasteiger partial charge in [-0.05, 0) is 24.5 Å². The fourth-order valence-corrected chi connectivity index (χ4v) is 2.08. The largest absolute Gasteiger partial charge is 0.351 e. The molecule has 0 aliphatic rings. The number of aryl methyl sites for hydroxylation is 1. The first-order valence-electron chi connectivity index (χ1n) is 6.87. The van der Waals surface area contributed by atoms with E-state index in [-0.39, 0.29) is 5.91 Å². The summed E-state index contributed by atoms with van der Waals surface area (Å²) >= 11 is 0. The number of aromatic nitrogens is 2. The van der Waals surface area contributed by atoms with E-state index < -0.39 is 0 Å². The van der Waals surface area contributed by atoms with Gasteiger partial charge in [-0.1, -0.05) is 26.8 Å². The third kappa shape index (κ3) is 2.95. The lowest BCUT2D eigenvalue weighted by molar-refractivity contribution is 0.0949. The number of rotatable bonds is 5. The number of pyridine rings is 1. The van der Waals surface area contributed by atoms with Crippen LogP contribution >= 0.6 is 0 Å². The molecule has 2 rings (SSSR count). The smallest absolute Gasteiger partial charge is 0.272 e. The number of carbonyl (C=O) groups is 1. The van der Waals surface area contributed by atoms with Crippen molar-refractivity contribution in [2.75, 3.05) is 6.54 Å². The molecule has 4 heteroatoms. The molecule has 4 nitrogen and oxygen atoms in total. The molecule has 0 aliphatic carbocycles. The summed E-state index contributed by atoms with van der Waals surface area (Å²) in [6.45, 7) is 7.03. The maximum atomic E-state index is 12.2. The van der Waals surface area contributed by atoms with E-state index in [0.29, 0.717) is 18.2 Å². The van der Waals surface area contributed by atoms with Crippen LogP contribution in [-0.2, 0) is 6.42 Å². The van der Waals surface area contributed by atoms with Crippen molar-refractivity contribution < 1.29 is 4.79 Å². The fourth-order valence-electron chi connectivity index (χ4n) is 2.08. The SMILES string of the molecule is CCc1nc(C(=O)NCCC(C)C)c2ccccn12. The highest BCUT2D eigenvalue weighted by Crippen LogP contribution is 2.13. The van der Waals surface area contributed by atoms with Gasteiger partial charge < -0.3 is 9.72 Å². The van der Waals surface area contributed by atoms with Crippen LogP contribution in [0.5, 0.6) is 0 Å². The van der Waals surface area contributed by atoms with Crippen LogP contribution < -0.4 is 5.32 Å². The van der Waals surface area contributed by atoms with Crippen molar-refractivity contribution >= 4 is 11.4 Å². The van der Waals surface area contributed by atoms with Gasteiger partial charge in [0.25, 0.3) is 5.91 Å². The number of nitrogens with one attached hydrogen (secondary N) is 1. The zero-order valence-corrected chi connectivity index (χ0v) is 11.8. The van der Waals surface area contributed by atoms with Crippen molar-refractivity contribution in [2.45, 2.75) is 33.6 Å². The summed E-state index contributed by atoms with van der Waals surface area (Å²) in [5.74, 6) is 1.43. The minimum Gasteiger partial charge on any atom is -0.351 e. The van der Waals surface area contributed by atoms with Gasteiger partial charge >= 0.3 is 0 Å². The van der Waals surface area contributed by atoms with Gasteiger partial charge in [-0.15, -0.1) is 0 Å². The van der Waals surface area contributed by atoms with Gasteiger partial charge in [0.2, 0.25) is 0 Å². The molecule has 1 N–H and O–H groups in total. The molecule has 0 aromatic carbocycles. The molecule has 1 amide bonds. The van der Waals surface area contributed by atoms with Crippen LogP contribution in [0.1, 0.15) is 43.5 Å². The predicted molar refractivity (Wildman–Crippen MR) is 76.4 cm³/mol. The molecular weight excluding hydrogens is 238 g/mol. The highest BCUT2D eigenvalue weighted by atomic mass is 16.1. The first-order valence-corrected chi connectivity index (χ1v) is 6.87. The fraction of sp³-hybridized carbons (Fsp3) is 0.467. The third-order valence-electron chi connectivity index (χ3n) is 3.16. The van der Waals surface area contributed by atoms with Crippen LogP contribution in [0.25, 0.3) is 5.52 Å². The Morgan fingerprint density at radius 2 is 2.21 bits per heavy atom. The second-order valence-corrected chi connectivity index (χ2v) is 5.12. The number of hydrogen-bond donors (Lipinski definition) is 1. The first-order chi connectivity index (χ1) is 9.13. The Kier molecular flexibility index (Phi) is 4.20. The Morgan fingerprint density at radius 3 is 2.89 bits per heavy atom. The van der Waals surface area contributed by atoms with Crippen LogP contribution in [0.2, 0.25) is 0 Å². The van der Waals surface area contributed by atoms with Gasteiger partial charge in [0.15, 0.2) is 5.69 Å². The average Bonchev–Trinajstić information content (AvgIpc) is 2.77. The number of amides is 1. The molecule has 0 saturated carbocycles. The summed E-state index contributed by atoms with van der Waals surface area (Å²) in [6.07, 6.45) is 3.74. The number of carbonyl (C=O) groups excluding carboxylic acids is 1. The Labute approximate surface area is 113 Å². The topological polar surface area (TPSA) is 46.4 Å². The van der Waals surface area contributed by atoms with E-state index in [2.05, 4.69) is 24.1 Å². The van der Waals surface area contributed by atoms with Crippen molar-refractivity contribution in [2.24, 2.45) is 5.92 Å². The minimum atomic E-state index is -0.0796. The van der Waals surface area contributed by atoms with Gasteiger partial charge in [0.05, 0.1) is 5.52 Å². The lowest BCUT2D eigenvalue weighted by atomic mass is 10.1. The summed E-state index contributed by atoms with van der Waals surface area (Å²) < 4.78 is 1.98. The van der Waals surface area contributed by atoms with E-state index in [1.807, 2.05) is 35.7 Å². The van der Waals surface area contributed by atoms with E-state index in [1.165, 1.54) is 0 Å². The summed E-state index contributed by atoms with van der Waals surface area (Å²) in [5.41, 5.74) is 1.41. The number of fused-ring (bicyclic) bond motifs is 1. The molecule has 0 radical (unpaired) electrons. The second-order valence-electron chi connectivity index (χ2n) is 5.12. The average molecular weight is 259 g/mol. The maximum absolute atomic E-state index is 12.2. The van der Waals surface area contributed by atoms with Gasteiger partial charge in [-0.3, -0.25) is 4.79 Å². The highest BCUT2D eigenvalue weighted by molar-refractivity contribution is 5.99. The third-order valence-corrected chi connectivity index (χ3v) is 3.16. The lowest BCUT2D eigenvalue weighted by Gasteiger charge is -2.05. The number of hydrogen-bond acceptors (Lipinski definition) is 2. The molecule has 2 heterocycles. The molecule has 0 atom stereocenters. The quantitative estimate of drug-likeness (QED) is 0.897. The molecule has 0 bridgehead atoms. The van der Waals surface area contributed by atoms with E-state index in [1.54, 1.807) is 0 Å². The van der Waals surface area contributed by atoms with Crippen LogP contribution in [0.15, 0.2) is 24.4 Å². The normalized spacial score (nSPS) is 11.2. The van der Waals surface area contributed by atoms with E-state index in [9.17, 15) is 4.79 Å². The summed E-state index contributed by atoms with van der Waals surface area (Å²) in [7, 11) is 0. The van der Waals surface area contributed by atoms with Crippen molar-refractivity contribution in [1.82, 2.24) is 14.7 Å². The van der Waals surface area contributed by atoms with Gasteiger partial charge in [-0.2, -0.15) is 0 Å². The zero-order chi connectivity index (χ0) is 13.8. The standard InChI is InChI=1S/C15H21N3O/c1-4-13-17-14(12-7-5-6-10-18(12)13)15(19)16-9-8-11(2)3/h5-7,10-11H,4,8-9H2,1-3H3,(H,16,19). The zero-order valence-electron chi connectivity index (χ0n) is 11.8.